The molecule has 0 saturated carbocycles. The molecule has 0 bridgehead atoms. The Morgan fingerprint density at radius 1 is 1.04 bits per heavy atom. The standard InChI is InChI=1S/C20H15Cl2N3O2/c1-10-3-5-13(17(26)7-10)16-9-18(27)23-20-19(11(2)24-25(16)20)12-4-6-14(21)15(22)8-12/h3-9,26H,1-2H3,(H,23,27). The normalized spacial score (nSPS) is 11.3. The van der Waals surface area contributed by atoms with Gasteiger partial charge in [0.2, 0.25) is 0 Å². The average Bonchev–Trinajstić information content (AvgIpc) is 2.93. The number of halogens is 2. The molecule has 2 aromatic heterocycles. The number of aromatic hydroxyl groups is 1. The van der Waals surface area contributed by atoms with Crippen molar-refractivity contribution in [1.29, 1.82) is 0 Å². The number of hydrogen-bond acceptors (Lipinski definition) is 3. The van der Waals surface area contributed by atoms with Gasteiger partial charge in [-0.3, -0.25) is 4.79 Å². The summed E-state index contributed by atoms with van der Waals surface area (Å²) in [5, 5.41) is 15.8. The molecular formula is C20H15Cl2N3O2. The third kappa shape index (κ3) is 2.99. The molecule has 136 valence electrons. The third-order valence-electron chi connectivity index (χ3n) is 4.44. The molecule has 2 N–H and O–H groups in total. The van der Waals surface area contributed by atoms with Crippen LogP contribution in [-0.2, 0) is 0 Å². The van der Waals surface area contributed by atoms with Crippen molar-refractivity contribution in [2.45, 2.75) is 13.8 Å². The van der Waals surface area contributed by atoms with Gasteiger partial charge in [-0.25, -0.2) is 4.52 Å². The molecule has 0 amide bonds. The molecule has 0 spiro atoms. The summed E-state index contributed by atoms with van der Waals surface area (Å²) in [6.07, 6.45) is 0. The second-order valence-electron chi connectivity index (χ2n) is 6.39. The Morgan fingerprint density at radius 3 is 2.52 bits per heavy atom. The predicted molar refractivity (Wildman–Crippen MR) is 108 cm³/mol. The fourth-order valence-corrected chi connectivity index (χ4v) is 3.50. The lowest BCUT2D eigenvalue weighted by molar-refractivity contribution is 0.476. The molecule has 5 nitrogen and oxygen atoms in total. The van der Waals surface area contributed by atoms with Crippen molar-refractivity contribution in [3.8, 4) is 28.1 Å². The van der Waals surface area contributed by atoms with Gasteiger partial charge >= 0.3 is 0 Å². The van der Waals surface area contributed by atoms with Crippen molar-refractivity contribution in [3.63, 3.8) is 0 Å². The second kappa shape index (κ2) is 6.44. The molecular weight excluding hydrogens is 385 g/mol. The number of nitrogens with one attached hydrogen (secondary N) is 1. The van der Waals surface area contributed by atoms with Gasteiger partial charge in [-0.2, -0.15) is 5.10 Å². The minimum atomic E-state index is -0.293. The Morgan fingerprint density at radius 2 is 1.81 bits per heavy atom. The highest BCUT2D eigenvalue weighted by Gasteiger charge is 2.18. The Kier molecular flexibility index (Phi) is 4.21. The molecule has 0 aliphatic carbocycles. The number of phenolic OH excluding ortho intramolecular Hbond substituents is 1. The lowest BCUT2D eigenvalue weighted by Crippen LogP contribution is -2.10. The average molecular weight is 400 g/mol. The van der Waals surface area contributed by atoms with Crippen LogP contribution in [0.3, 0.4) is 0 Å². The largest absolute Gasteiger partial charge is 0.507 e. The number of aryl methyl sites for hydroxylation is 2. The highest BCUT2D eigenvalue weighted by molar-refractivity contribution is 6.42. The zero-order valence-electron chi connectivity index (χ0n) is 14.5. The van der Waals surface area contributed by atoms with Gasteiger partial charge in [-0.15, -0.1) is 0 Å². The number of phenols is 1. The first-order valence-corrected chi connectivity index (χ1v) is 8.99. The highest BCUT2D eigenvalue weighted by Crippen LogP contribution is 2.35. The molecule has 4 aromatic rings. The minimum absolute atomic E-state index is 0.0890. The molecule has 0 atom stereocenters. The first-order valence-electron chi connectivity index (χ1n) is 8.23. The Balaban J connectivity index is 2.04. The molecule has 0 radical (unpaired) electrons. The Labute approximate surface area is 164 Å². The summed E-state index contributed by atoms with van der Waals surface area (Å²) < 4.78 is 1.62. The van der Waals surface area contributed by atoms with E-state index in [1.807, 2.05) is 26.0 Å². The number of fused-ring (bicyclic) bond motifs is 1. The van der Waals surface area contributed by atoms with Crippen LogP contribution in [0.5, 0.6) is 5.75 Å². The molecule has 0 saturated heterocycles. The summed E-state index contributed by atoms with van der Waals surface area (Å²) in [5.74, 6) is 0.0890. The van der Waals surface area contributed by atoms with Crippen molar-refractivity contribution in [1.82, 2.24) is 14.6 Å². The van der Waals surface area contributed by atoms with E-state index in [0.29, 0.717) is 32.6 Å². The van der Waals surface area contributed by atoms with Crippen molar-refractivity contribution in [3.05, 3.63) is 74.1 Å². The highest BCUT2D eigenvalue weighted by atomic mass is 35.5. The van der Waals surface area contributed by atoms with Crippen molar-refractivity contribution in [2.75, 3.05) is 0 Å². The van der Waals surface area contributed by atoms with E-state index in [1.165, 1.54) is 6.07 Å². The minimum Gasteiger partial charge on any atom is -0.507 e. The van der Waals surface area contributed by atoms with E-state index in [1.54, 1.807) is 28.8 Å². The SMILES string of the molecule is Cc1ccc(-c2cc(=O)[nH]c3c(-c4ccc(Cl)c(Cl)c4)c(C)nn23)c(O)c1. The number of H-pyrrole nitrogens is 1. The number of aromatic amines is 1. The van der Waals surface area contributed by atoms with Crippen LogP contribution in [0.15, 0.2) is 47.3 Å². The monoisotopic (exact) mass is 399 g/mol. The summed E-state index contributed by atoms with van der Waals surface area (Å²) in [4.78, 5) is 15.2. The molecule has 0 fully saturated rings. The Hall–Kier alpha value is -2.76. The van der Waals surface area contributed by atoms with Gasteiger partial charge in [0.25, 0.3) is 5.56 Å². The van der Waals surface area contributed by atoms with Crippen LogP contribution >= 0.6 is 23.2 Å². The van der Waals surface area contributed by atoms with Gasteiger partial charge in [0.15, 0.2) is 0 Å². The van der Waals surface area contributed by atoms with E-state index in [0.717, 1.165) is 16.7 Å². The van der Waals surface area contributed by atoms with E-state index in [4.69, 9.17) is 23.2 Å². The van der Waals surface area contributed by atoms with E-state index < -0.39 is 0 Å². The van der Waals surface area contributed by atoms with Gasteiger partial charge in [0, 0.05) is 17.2 Å². The lowest BCUT2D eigenvalue weighted by atomic mass is 10.1. The fourth-order valence-electron chi connectivity index (χ4n) is 3.20. The summed E-state index contributed by atoms with van der Waals surface area (Å²) in [7, 11) is 0. The Bertz CT molecular complexity index is 1260. The third-order valence-corrected chi connectivity index (χ3v) is 5.17. The van der Waals surface area contributed by atoms with Gasteiger partial charge < -0.3 is 10.1 Å². The zero-order valence-corrected chi connectivity index (χ0v) is 16.1. The van der Waals surface area contributed by atoms with Crippen LogP contribution in [0.2, 0.25) is 10.0 Å². The van der Waals surface area contributed by atoms with Crippen LogP contribution in [0.1, 0.15) is 11.3 Å². The number of rotatable bonds is 2. The maximum Gasteiger partial charge on any atom is 0.251 e. The topological polar surface area (TPSA) is 70.4 Å². The molecule has 27 heavy (non-hydrogen) atoms. The van der Waals surface area contributed by atoms with E-state index >= 15 is 0 Å². The number of benzene rings is 2. The smallest absolute Gasteiger partial charge is 0.251 e. The fraction of sp³-hybridized carbons (Fsp3) is 0.100. The van der Waals surface area contributed by atoms with Gasteiger partial charge in [-0.05, 0) is 49.2 Å². The zero-order chi connectivity index (χ0) is 19.3. The maximum atomic E-state index is 12.3. The van der Waals surface area contributed by atoms with E-state index in [-0.39, 0.29) is 11.3 Å². The summed E-state index contributed by atoms with van der Waals surface area (Å²) in [6.45, 7) is 3.74. The second-order valence-corrected chi connectivity index (χ2v) is 7.20. The van der Waals surface area contributed by atoms with Gasteiger partial charge in [0.1, 0.15) is 11.4 Å². The maximum absolute atomic E-state index is 12.3. The van der Waals surface area contributed by atoms with E-state index in [9.17, 15) is 9.90 Å². The van der Waals surface area contributed by atoms with Crippen LogP contribution in [-0.4, -0.2) is 19.7 Å². The molecule has 0 unspecified atom stereocenters. The van der Waals surface area contributed by atoms with Crippen molar-refractivity contribution >= 4 is 28.8 Å². The van der Waals surface area contributed by atoms with Crippen LogP contribution < -0.4 is 5.56 Å². The number of nitrogens with zero attached hydrogens (tertiary/aromatic N) is 2. The van der Waals surface area contributed by atoms with Crippen molar-refractivity contribution < 1.29 is 5.11 Å². The summed E-state index contributed by atoms with van der Waals surface area (Å²) in [5.41, 5.74) is 4.43. The molecule has 2 aromatic carbocycles. The first kappa shape index (κ1) is 17.6. The van der Waals surface area contributed by atoms with E-state index in [2.05, 4.69) is 10.1 Å². The van der Waals surface area contributed by atoms with Crippen LogP contribution in [0, 0.1) is 13.8 Å². The molecule has 0 aliphatic rings. The van der Waals surface area contributed by atoms with Gasteiger partial charge in [-0.1, -0.05) is 35.3 Å². The molecule has 7 heteroatoms. The predicted octanol–water partition coefficient (Wildman–Crippen LogP) is 4.99. The molecule has 0 aliphatic heterocycles. The number of aromatic nitrogens is 3. The van der Waals surface area contributed by atoms with Gasteiger partial charge in [0.05, 0.1) is 21.4 Å². The lowest BCUT2D eigenvalue weighted by Gasteiger charge is -2.08. The van der Waals surface area contributed by atoms with Crippen LogP contribution in [0.25, 0.3) is 28.0 Å². The van der Waals surface area contributed by atoms with Crippen molar-refractivity contribution in [2.24, 2.45) is 0 Å². The summed E-state index contributed by atoms with van der Waals surface area (Å²) >= 11 is 12.2. The molecule has 4 rings (SSSR count). The number of hydrogen-bond donors (Lipinski definition) is 2. The molecule has 2 heterocycles. The quantitative estimate of drug-likeness (QED) is 0.498. The summed E-state index contributed by atoms with van der Waals surface area (Å²) in [6, 6.07) is 12.0. The first-order chi connectivity index (χ1) is 12.8. The van der Waals surface area contributed by atoms with Crippen LogP contribution in [0.4, 0.5) is 0 Å².